The van der Waals surface area contributed by atoms with Crippen molar-refractivity contribution in [2.75, 3.05) is 5.32 Å². The number of aliphatic hydroxyl groups excluding tert-OH is 1. The smallest absolute Gasteiger partial charge is 0.333 e. The van der Waals surface area contributed by atoms with Crippen molar-refractivity contribution >= 4 is 33.1 Å². The van der Waals surface area contributed by atoms with Gasteiger partial charge in [0.25, 0.3) is 10.0 Å². The fraction of sp³-hybridized carbons (Fsp3) is 0.389. The van der Waals surface area contributed by atoms with Crippen LogP contribution in [0.25, 0.3) is 0 Å². The zero-order valence-corrected chi connectivity index (χ0v) is 15.8. The van der Waals surface area contributed by atoms with Crippen molar-refractivity contribution in [1.29, 1.82) is 0 Å². The number of benzene rings is 1. The number of hydrogen-bond donors (Lipinski definition) is 3. The quantitative estimate of drug-likeness (QED) is 0.745. The summed E-state index contributed by atoms with van der Waals surface area (Å²) >= 11 is 0.979. The van der Waals surface area contributed by atoms with Gasteiger partial charge < -0.3 is 10.4 Å². The van der Waals surface area contributed by atoms with E-state index in [1.165, 1.54) is 17.2 Å². The van der Waals surface area contributed by atoms with E-state index in [0.29, 0.717) is 5.56 Å². The van der Waals surface area contributed by atoms with Gasteiger partial charge >= 0.3 is 6.03 Å². The second-order valence-corrected chi connectivity index (χ2v) is 9.55. The molecule has 0 aliphatic heterocycles. The number of anilines is 1. The molecular weight excluding hydrogens is 372 g/mol. The van der Waals surface area contributed by atoms with Crippen LogP contribution >= 0.6 is 11.3 Å². The number of aliphatic hydroxyl groups is 1. The molecule has 2 amide bonds. The highest BCUT2D eigenvalue weighted by Gasteiger charge is 2.26. The van der Waals surface area contributed by atoms with Crippen molar-refractivity contribution < 1.29 is 18.3 Å². The highest BCUT2D eigenvalue weighted by atomic mass is 32.2. The largest absolute Gasteiger partial charge is 0.392 e. The molecule has 0 bridgehead atoms. The molecule has 0 saturated carbocycles. The van der Waals surface area contributed by atoms with E-state index in [4.69, 9.17) is 5.11 Å². The molecule has 1 aromatic carbocycles. The summed E-state index contributed by atoms with van der Waals surface area (Å²) in [6.07, 6.45) is 5.97. The van der Waals surface area contributed by atoms with Gasteiger partial charge in [-0.2, -0.15) is 0 Å². The second-order valence-electron chi connectivity index (χ2n) is 6.73. The van der Waals surface area contributed by atoms with E-state index < -0.39 is 16.1 Å². The lowest BCUT2D eigenvalue weighted by Crippen LogP contribution is -2.34. The topological polar surface area (TPSA) is 95.5 Å². The monoisotopic (exact) mass is 392 g/mol. The minimum absolute atomic E-state index is 0.0141. The fourth-order valence-electron chi connectivity index (χ4n) is 3.86. The molecule has 1 aromatic heterocycles. The Bertz CT molecular complexity index is 947. The summed E-state index contributed by atoms with van der Waals surface area (Å²) in [4.78, 5) is 12.4. The molecule has 0 spiro atoms. The van der Waals surface area contributed by atoms with Crippen molar-refractivity contribution in [2.24, 2.45) is 0 Å². The molecule has 0 saturated heterocycles. The van der Waals surface area contributed by atoms with Crippen LogP contribution in [-0.2, 0) is 42.3 Å². The molecule has 6 nitrogen and oxygen atoms in total. The van der Waals surface area contributed by atoms with Gasteiger partial charge in [0.15, 0.2) is 0 Å². The predicted octanol–water partition coefficient (Wildman–Crippen LogP) is 2.73. The van der Waals surface area contributed by atoms with E-state index in [1.54, 1.807) is 5.38 Å². The Kier molecular flexibility index (Phi) is 4.50. The lowest BCUT2D eigenvalue weighted by atomic mass is 9.99. The fourth-order valence-corrected chi connectivity index (χ4v) is 5.96. The summed E-state index contributed by atoms with van der Waals surface area (Å²) in [5, 5.41) is 13.5. The molecular formula is C18H20N2O4S2. The van der Waals surface area contributed by atoms with E-state index in [0.717, 1.165) is 66.7 Å². The number of urea groups is 1. The van der Waals surface area contributed by atoms with Crippen LogP contribution in [0.15, 0.2) is 21.7 Å². The summed E-state index contributed by atoms with van der Waals surface area (Å²) in [6, 6.07) is 2.89. The van der Waals surface area contributed by atoms with Crippen LogP contribution in [0.4, 0.5) is 10.5 Å². The summed E-state index contributed by atoms with van der Waals surface area (Å²) < 4.78 is 26.9. The third-order valence-corrected chi connectivity index (χ3v) is 7.84. The maximum absolute atomic E-state index is 12.4. The minimum atomic E-state index is -3.95. The van der Waals surface area contributed by atoms with Gasteiger partial charge in [0.05, 0.1) is 6.61 Å². The predicted molar refractivity (Wildman–Crippen MR) is 100 cm³/mol. The Labute approximate surface area is 156 Å². The van der Waals surface area contributed by atoms with Gasteiger partial charge in [0, 0.05) is 5.69 Å². The number of carbonyl (C=O) groups excluding carboxylic acids is 1. The molecule has 3 N–H and O–H groups in total. The van der Waals surface area contributed by atoms with Gasteiger partial charge in [-0.15, -0.1) is 11.3 Å². The van der Waals surface area contributed by atoms with Crippen molar-refractivity contribution in [3.8, 4) is 0 Å². The van der Waals surface area contributed by atoms with Crippen molar-refractivity contribution in [1.82, 2.24) is 4.72 Å². The van der Waals surface area contributed by atoms with Gasteiger partial charge in [0.1, 0.15) is 4.21 Å². The minimum Gasteiger partial charge on any atom is -0.392 e. The molecule has 26 heavy (non-hydrogen) atoms. The van der Waals surface area contributed by atoms with Crippen molar-refractivity contribution in [3.63, 3.8) is 0 Å². The molecule has 0 unspecified atom stereocenters. The van der Waals surface area contributed by atoms with E-state index >= 15 is 0 Å². The van der Waals surface area contributed by atoms with Crippen LogP contribution in [0.5, 0.6) is 0 Å². The summed E-state index contributed by atoms with van der Waals surface area (Å²) in [5.41, 5.74) is 6.16. The Morgan fingerprint density at radius 2 is 1.73 bits per heavy atom. The maximum atomic E-state index is 12.4. The summed E-state index contributed by atoms with van der Waals surface area (Å²) in [7, 11) is -3.95. The number of fused-ring (bicyclic) bond motifs is 2. The van der Waals surface area contributed by atoms with Gasteiger partial charge in [-0.3, -0.25) is 0 Å². The van der Waals surface area contributed by atoms with Crippen LogP contribution in [0.2, 0.25) is 0 Å². The zero-order chi connectivity index (χ0) is 18.3. The number of sulfonamides is 1. The normalized spacial score (nSPS) is 15.6. The first-order valence-corrected chi connectivity index (χ1v) is 11.0. The Morgan fingerprint density at radius 1 is 1.08 bits per heavy atom. The van der Waals surface area contributed by atoms with E-state index in [1.807, 2.05) is 0 Å². The first-order chi connectivity index (χ1) is 12.5. The molecule has 0 radical (unpaired) electrons. The highest BCUT2D eigenvalue weighted by Crippen LogP contribution is 2.38. The average Bonchev–Trinajstić information content (AvgIpc) is 3.33. The molecule has 0 fully saturated rings. The summed E-state index contributed by atoms with van der Waals surface area (Å²) in [6.45, 7) is -0.236. The Hall–Kier alpha value is -1.90. The summed E-state index contributed by atoms with van der Waals surface area (Å²) in [5.74, 6) is 0. The van der Waals surface area contributed by atoms with Crippen LogP contribution in [0.1, 0.15) is 40.7 Å². The average molecular weight is 393 g/mol. The molecule has 2 aliphatic carbocycles. The van der Waals surface area contributed by atoms with Crippen LogP contribution in [0.3, 0.4) is 0 Å². The molecule has 8 heteroatoms. The molecule has 2 aromatic rings. The third-order valence-electron chi connectivity index (χ3n) is 5.02. The number of carbonyl (C=O) groups is 1. The number of rotatable bonds is 4. The van der Waals surface area contributed by atoms with E-state index in [9.17, 15) is 13.2 Å². The molecule has 4 rings (SSSR count). The van der Waals surface area contributed by atoms with E-state index in [2.05, 4.69) is 16.1 Å². The second kappa shape index (κ2) is 6.68. The molecule has 0 atom stereocenters. The number of thiophene rings is 1. The lowest BCUT2D eigenvalue weighted by molar-refractivity contribution is 0.256. The van der Waals surface area contributed by atoms with Crippen molar-refractivity contribution in [2.45, 2.75) is 49.3 Å². The molecule has 138 valence electrons. The number of aryl methyl sites for hydroxylation is 2. The van der Waals surface area contributed by atoms with Gasteiger partial charge in [-0.05, 0) is 77.8 Å². The highest BCUT2D eigenvalue weighted by molar-refractivity contribution is 7.92. The molecule has 2 aliphatic rings. The van der Waals surface area contributed by atoms with Crippen LogP contribution < -0.4 is 10.0 Å². The first-order valence-electron chi connectivity index (χ1n) is 8.66. The van der Waals surface area contributed by atoms with Gasteiger partial charge in [-0.1, -0.05) is 6.07 Å². The van der Waals surface area contributed by atoms with Gasteiger partial charge in [0.2, 0.25) is 0 Å². The zero-order valence-electron chi connectivity index (χ0n) is 14.2. The maximum Gasteiger partial charge on any atom is 0.333 e. The van der Waals surface area contributed by atoms with E-state index in [-0.39, 0.29) is 10.8 Å². The Balaban J connectivity index is 1.58. The van der Waals surface area contributed by atoms with Crippen LogP contribution in [-0.4, -0.2) is 19.6 Å². The standard InChI is InChI=1S/C18H20N2O4S2/c21-9-11-7-16(25-10-11)26(23,24)20-18(22)19-17-14-5-1-3-12(14)8-13-4-2-6-15(13)17/h7-8,10,21H,1-6,9H2,(H2,19,20,22). The third kappa shape index (κ3) is 3.13. The SMILES string of the molecule is O=C(Nc1c2c(cc3c1CCC3)CCC2)NS(=O)(=O)c1cc(CO)cs1. The number of nitrogens with one attached hydrogen (secondary N) is 2. The lowest BCUT2D eigenvalue weighted by Gasteiger charge is -2.16. The molecule has 1 heterocycles. The van der Waals surface area contributed by atoms with Gasteiger partial charge in [-0.25, -0.2) is 17.9 Å². The Morgan fingerprint density at radius 3 is 2.31 bits per heavy atom. The first kappa shape index (κ1) is 17.5. The number of hydrogen-bond acceptors (Lipinski definition) is 5. The number of amides is 2. The van der Waals surface area contributed by atoms with Crippen molar-refractivity contribution in [3.05, 3.63) is 45.3 Å². The van der Waals surface area contributed by atoms with Crippen LogP contribution in [0, 0.1) is 0 Å².